The molecule has 3 aliphatic heterocycles. The molecule has 0 radical (unpaired) electrons. The maximum absolute atomic E-state index is 16.4. The topological polar surface area (TPSA) is 54.5 Å². The van der Waals surface area contributed by atoms with E-state index < -0.39 is 7.14 Å². The zero-order valence-corrected chi connectivity index (χ0v) is 34.1. The van der Waals surface area contributed by atoms with Crippen molar-refractivity contribution in [3.05, 3.63) is 218 Å². The van der Waals surface area contributed by atoms with Gasteiger partial charge in [0.15, 0.2) is 41.6 Å². The van der Waals surface area contributed by atoms with Crippen LogP contribution in [0.3, 0.4) is 0 Å². The van der Waals surface area contributed by atoms with E-state index in [2.05, 4.69) is 87.5 Å². The van der Waals surface area contributed by atoms with E-state index in [1.165, 1.54) is 0 Å². The van der Waals surface area contributed by atoms with Gasteiger partial charge in [0.05, 0.1) is 34.1 Å². The first-order chi connectivity index (χ1) is 30.6. The quantitative estimate of drug-likeness (QED) is 0.155. The third-order valence-electron chi connectivity index (χ3n) is 11.7. The molecule has 7 nitrogen and oxygen atoms in total. The molecule has 0 saturated heterocycles. The smallest absolute Gasteiger partial charge is 0.171 e. The largest absolute Gasteiger partial charge is 0.453 e. The number of nitrogens with zero attached hydrogens (tertiary/aromatic N) is 3. The third kappa shape index (κ3) is 5.71. The highest BCUT2D eigenvalue weighted by atomic mass is 31.2. The summed E-state index contributed by atoms with van der Waals surface area (Å²) in [6.45, 7) is 0. The standard InChI is InChI=1S/C54H36N3O4P/c58-62(40-31-25-37(26-32-40)55-43-13-1-7-19-49(43)59-50-20-8-2-14-44(50)55,41-33-27-38(28-34-41)56-45-15-3-9-21-51(45)60-52-22-10-4-16-46(52)56)42-35-29-39(30-36-42)57-47-17-5-11-23-53(47)61-54-24-12-6-18-48(54)57/h1-36H. The minimum Gasteiger partial charge on any atom is -0.453 e. The van der Waals surface area contributed by atoms with Crippen molar-refractivity contribution in [2.75, 3.05) is 14.7 Å². The number of anilines is 9. The predicted molar refractivity (Wildman–Crippen MR) is 250 cm³/mol. The molecule has 0 unspecified atom stereocenters. The molecule has 0 amide bonds. The summed E-state index contributed by atoms with van der Waals surface area (Å²) >= 11 is 0. The van der Waals surface area contributed by atoms with Gasteiger partial charge in [0, 0.05) is 33.0 Å². The van der Waals surface area contributed by atoms with Crippen molar-refractivity contribution < 1.29 is 18.8 Å². The Labute approximate surface area is 359 Å². The summed E-state index contributed by atoms with van der Waals surface area (Å²) < 4.78 is 35.3. The Morgan fingerprint density at radius 3 is 0.661 bits per heavy atom. The summed E-state index contributed by atoms with van der Waals surface area (Å²) in [6.07, 6.45) is 0. The Balaban J connectivity index is 0.979. The van der Waals surface area contributed by atoms with E-state index in [1.54, 1.807) is 0 Å². The first-order valence-corrected chi connectivity index (χ1v) is 22.2. The molecule has 9 aromatic carbocycles. The van der Waals surface area contributed by atoms with Crippen molar-refractivity contribution in [1.82, 2.24) is 0 Å². The predicted octanol–water partition coefficient (Wildman–Crippen LogP) is 14.1. The van der Waals surface area contributed by atoms with Crippen LogP contribution in [-0.2, 0) is 4.57 Å². The Kier molecular flexibility index (Phi) is 8.30. The molecule has 0 N–H and O–H groups in total. The summed E-state index contributed by atoms with van der Waals surface area (Å²) in [5.41, 5.74) is 8.42. The van der Waals surface area contributed by atoms with E-state index >= 15 is 4.57 Å². The van der Waals surface area contributed by atoms with Gasteiger partial charge in [0.25, 0.3) is 0 Å². The molecule has 3 heterocycles. The molecule has 0 aliphatic carbocycles. The van der Waals surface area contributed by atoms with Gasteiger partial charge in [-0.25, -0.2) is 0 Å². The van der Waals surface area contributed by atoms with Crippen molar-refractivity contribution in [3.63, 3.8) is 0 Å². The van der Waals surface area contributed by atoms with Crippen LogP contribution in [0.5, 0.6) is 34.5 Å². The lowest BCUT2D eigenvalue weighted by atomic mass is 10.1. The molecule has 62 heavy (non-hydrogen) atoms. The molecule has 8 heteroatoms. The molecule has 0 aromatic heterocycles. The summed E-state index contributed by atoms with van der Waals surface area (Å²) in [4.78, 5) is 6.59. The van der Waals surface area contributed by atoms with Crippen LogP contribution in [-0.4, -0.2) is 0 Å². The van der Waals surface area contributed by atoms with Gasteiger partial charge >= 0.3 is 0 Å². The van der Waals surface area contributed by atoms with Gasteiger partial charge in [0.2, 0.25) is 0 Å². The number of hydrogen-bond donors (Lipinski definition) is 0. The minimum atomic E-state index is -3.48. The first kappa shape index (κ1) is 35.9. The van der Waals surface area contributed by atoms with Gasteiger partial charge in [-0.3, -0.25) is 0 Å². The lowest BCUT2D eigenvalue weighted by Crippen LogP contribution is -2.26. The van der Waals surface area contributed by atoms with Gasteiger partial charge < -0.3 is 33.5 Å². The molecular weight excluding hydrogens is 786 g/mol. The van der Waals surface area contributed by atoms with E-state index in [0.717, 1.165) is 102 Å². The van der Waals surface area contributed by atoms with Crippen LogP contribution in [0.2, 0.25) is 0 Å². The second kappa shape index (κ2) is 14.3. The second-order valence-electron chi connectivity index (χ2n) is 15.3. The van der Waals surface area contributed by atoms with Gasteiger partial charge in [0.1, 0.15) is 0 Å². The summed E-state index contributed by atoms with van der Waals surface area (Å²) in [6, 6.07) is 72.7. The Bertz CT molecular complexity index is 2750. The van der Waals surface area contributed by atoms with E-state index in [1.807, 2.05) is 146 Å². The molecule has 9 aromatic rings. The number of benzene rings is 9. The van der Waals surface area contributed by atoms with Crippen molar-refractivity contribution in [2.24, 2.45) is 0 Å². The summed E-state index contributed by atoms with van der Waals surface area (Å²) in [5, 5.41) is 2.17. The highest BCUT2D eigenvalue weighted by Crippen LogP contribution is 2.54. The average molecular weight is 822 g/mol. The maximum atomic E-state index is 16.4. The van der Waals surface area contributed by atoms with Crippen molar-refractivity contribution in [3.8, 4) is 34.5 Å². The molecule has 0 spiro atoms. The molecule has 0 bridgehead atoms. The number of para-hydroxylation sites is 12. The Morgan fingerprint density at radius 1 is 0.258 bits per heavy atom. The molecule has 0 fully saturated rings. The van der Waals surface area contributed by atoms with Crippen LogP contribution in [0, 0.1) is 0 Å². The zero-order valence-electron chi connectivity index (χ0n) is 33.2. The lowest BCUT2D eigenvalue weighted by Gasteiger charge is -2.33. The molecule has 12 rings (SSSR count). The van der Waals surface area contributed by atoms with E-state index in [-0.39, 0.29) is 0 Å². The SMILES string of the molecule is O=P(c1ccc(N2c3ccccc3Oc3ccccc32)cc1)(c1ccc(N2c3ccccc3Oc3ccccc32)cc1)c1ccc(N2c3ccccc3Oc3ccccc32)cc1. The number of rotatable bonds is 6. The molecule has 296 valence electrons. The van der Waals surface area contributed by atoms with Crippen LogP contribution in [0.4, 0.5) is 51.2 Å². The van der Waals surface area contributed by atoms with Gasteiger partial charge in [-0.2, -0.15) is 0 Å². The monoisotopic (exact) mass is 821 g/mol. The zero-order chi connectivity index (χ0) is 41.2. The highest BCUT2D eigenvalue weighted by Gasteiger charge is 2.33. The highest BCUT2D eigenvalue weighted by molar-refractivity contribution is 7.85. The first-order valence-electron chi connectivity index (χ1n) is 20.5. The van der Waals surface area contributed by atoms with Crippen LogP contribution < -0.4 is 44.8 Å². The number of ether oxygens (including phenoxy) is 3. The molecule has 0 atom stereocenters. The Morgan fingerprint density at radius 2 is 0.452 bits per heavy atom. The fourth-order valence-corrected chi connectivity index (χ4v) is 11.4. The van der Waals surface area contributed by atoms with E-state index in [0.29, 0.717) is 0 Å². The number of fused-ring (bicyclic) bond motifs is 6. The van der Waals surface area contributed by atoms with E-state index in [9.17, 15) is 0 Å². The molecule has 0 saturated carbocycles. The molecular formula is C54H36N3O4P. The lowest BCUT2D eigenvalue weighted by molar-refractivity contribution is 0.477. The fraction of sp³-hybridized carbons (Fsp3) is 0. The Hall–Kier alpha value is -7.99. The van der Waals surface area contributed by atoms with Gasteiger partial charge in [-0.15, -0.1) is 0 Å². The third-order valence-corrected chi connectivity index (χ3v) is 14.8. The van der Waals surface area contributed by atoms with Crippen LogP contribution in [0.15, 0.2) is 218 Å². The van der Waals surface area contributed by atoms with Crippen LogP contribution in [0.25, 0.3) is 0 Å². The van der Waals surface area contributed by atoms with Crippen molar-refractivity contribution in [1.29, 1.82) is 0 Å². The summed E-state index contributed by atoms with van der Waals surface area (Å²) in [5.74, 6) is 4.65. The van der Waals surface area contributed by atoms with Crippen molar-refractivity contribution in [2.45, 2.75) is 0 Å². The number of hydrogen-bond acceptors (Lipinski definition) is 7. The average Bonchev–Trinajstić information content (AvgIpc) is 3.34. The summed E-state index contributed by atoms with van der Waals surface area (Å²) in [7, 11) is -3.48. The minimum absolute atomic E-state index is 0.723. The van der Waals surface area contributed by atoms with Crippen LogP contribution in [0.1, 0.15) is 0 Å². The van der Waals surface area contributed by atoms with Crippen LogP contribution >= 0.6 is 7.14 Å². The maximum Gasteiger partial charge on any atom is 0.171 e. The normalized spacial score (nSPS) is 13.2. The van der Waals surface area contributed by atoms with Gasteiger partial charge in [-0.05, 0) is 146 Å². The molecule has 3 aliphatic rings. The fourth-order valence-electron chi connectivity index (χ4n) is 8.83. The van der Waals surface area contributed by atoms with Crippen molar-refractivity contribution >= 4 is 74.2 Å². The van der Waals surface area contributed by atoms with E-state index in [4.69, 9.17) is 14.2 Å². The second-order valence-corrected chi connectivity index (χ2v) is 18.0. The van der Waals surface area contributed by atoms with Gasteiger partial charge in [-0.1, -0.05) is 72.8 Å².